The van der Waals surface area contributed by atoms with Crippen LogP contribution in [0.4, 0.5) is 0 Å². The molecule has 1 aliphatic carbocycles. The minimum atomic E-state index is 0. The molecule has 0 unspecified atom stereocenters. The first-order chi connectivity index (χ1) is 16.7. The first-order valence-corrected chi connectivity index (χ1v) is 12.7. The van der Waals surface area contributed by atoms with E-state index >= 15 is 0 Å². The zero-order chi connectivity index (χ0) is 24.6. The van der Waals surface area contributed by atoms with Crippen LogP contribution in [-0.4, -0.2) is 28.9 Å². The maximum atomic E-state index is 5.76. The Bertz CT molecular complexity index is 1220. The Morgan fingerprint density at radius 2 is 1.78 bits per heavy atom. The largest absolute Gasteiger partial charge is 0.391 e. The van der Waals surface area contributed by atoms with E-state index in [1.807, 2.05) is 31.2 Å². The van der Waals surface area contributed by atoms with Gasteiger partial charge in [-0.05, 0) is 65.8 Å². The summed E-state index contributed by atoms with van der Waals surface area (Å²) >= 11 is 0. The summed E-state index contributed by atoms with van der Waals surface area (Å²) in [5.41, 5.74) is 7.25. The van der Waals surface area contributed by atoms with Gasteiger partial charge < -0.3 is 14.7 Å². The second kappa shape index (κ2) is 10.3. The van der Waals surface area contributed by atoms with Gasteiger partial charge in [0.2, 0.25) is 11.7 Å². The second-order valence-electron chi connectivity index (χ2n) is 11.3. The van der Waals surface area contributed by atoms with Gasteiger partial charge in [-0.3, -0.25) is 0 Å². The predicted molar refractivity (Wildman–Crippen MR) is 146 cm³/mol. The van der Waals surface area contributed by atoms with Crippen LogP contribution in [-0.2, 0) is 22.3 Å². The van der Waals surface area contributed by atoms with Crippen molar-refractivity contribution in [2.75, 3.05) is 13.1 Å². The van der Waals surface area contributed by atoms with Crippen molar-refractivity contribution in [2.24, 2.45) is 5.16 Å². The van der Waals surface area contributed by atoms with Crippen LogP contribution in [0.2, 0.25) is 0 Å². The monoisotopic (exact) mass is 508 g/mol. The molecule has 0 radical (unpaired) electrons. The van der Waals surface area contributed by atoms with Crippen molar-refractivity contribution >= 4 is 18.1 Å². The van der Waals surface area contributed by atoms with E-state index in [9.17, 15) is 0 Å². The third-order valence-corrected chi connectivity index (χ3v) is 7.76. The molecule has 1 saturated heterocycles. The molecule has 7 heteroatoms. The molecule has 0 saturated carbocycles. The summed E-state index contributed by atoms with van der Waals surface area (Å²) in [6, 6.07) is 14.8. The van der Waals surface area contributed by atoms with Gasteiger partial charge in [-0.15, -0.1) is 12.4 Å². The zero-order valence-corrected chi connectivity index (χ0v) is 22.7. The first kappa shape index (κ1) is 26.4. The molecule has 1 atom stereocenters. The fourth-order valence-corrected chi connectivity index (χ4v) is 5.23. The van der Waals surface area contributed by atoms with Gasteiger partial charge in [-0.2, -0.15) is 4.98 Å². The lowest BCUT2D eigenvalue weighted by Crippen LogP contribution is -2.33. The summed E-state index contributed by atoms with van der Waals surface area (Å²) in [7, 11) is 0. The fraction of sp³-hybridized carbons (Fsp3) is 0.483. The fourth-order valence-electron chi connectivity index (χ4n) is 5.23. The number of fused-ring (bicyclic) bond motifs is 1. The van der Waals surface area contributed by atoms with Crippen LogP contribution in [0.1, 0.15) is 87.9 Å². The molecule has 192 valence electrons. The summed E-state index contributed by atoms with van der Waals surface area (Å²) in [6.07, 6.45) is 3.46. The lowest BCUT2D eigenvalue weighted by Gasteiger charge is -2.42. The van der Waals surface area contributed by atoms with Crippen molar-refractivity contribution in [1.82, 2.24) is 15.5 Å². The Balaban J connectivity index is 0.00000304. The standard InChI is InChI=1S/C29H36N4O2.ClH/c1-19(21-7-9-22(10-8-21)26-31-27(35-33-26)23-12-15-30-17-23)32-34-18-20-6-11-24-25(16-20)29(4,5)14-13-28(24,2)3;/h6-11,16,23,30H,12-15,17-18H2,1-5H3;1H/t23-;/m1./s1. The van der Waals surface area contributed by atoms with E-state index in [-0.39, 0.29) is 23.2 Å². The van der Waals surface area contributed by atoms with Crippen LogP contribution in [0.5, 0.6) is 0 Å². The summed E-state index contributed by atoms with van der Waals surface area (Å²) in [4.78, 5) is 10.4. The molecule has 0 spiro atoms. The maximum Gasteiger partial charge on any atom is 0.231 e. The van der Waals surface area contributed by atoms with Crippen LogP contribution in [0, 0.1) is 0 Å². The van der Waals surface area contributed by atoms with E-state index < -0.39 is 0 Å². The van der Waals surface area contributed by atoms with Gasteiger partial charge in [0.1, 0.15) is 6.61 Å². The van der Waals surface area contributed by atoms with Gasteiger partial charge in [-0.25, -0.2) is 0 Å². The lowest BCUT2D eigenvalue weighted by atomic mass is 9.63. The minimum Gasteiger partial charge on any atom is -0.391 e. The molecule has 3 aromatic rings. The predicted octanol–water partition coefficient (Wildman–Crippen LogP) is 6.53. The smallest absolute Gasteiger partial charge is 0.231 e. The highest BCUT2D eigenvalue weighted by atomic mass is 35.5. The van der Waals surface area contributed by atoms with Crippen LogP contribution in [0.15, 0.2) is 52.1 Å². The van der Waals surface area contributed by atoms with E-state index in [0.717, 1.165) is 41.9 Å². The molecule has 2 aliphatic rings. The molecule has 2 heterocycles. The molecule has 1 fully saturated rings. The molecule has 1 N–H and O–H groups in total. The lowest BCUT2D eigenvalue weighted by molar-refractivity contribution is 0.130. The van der Waals surface area contributed by atoms with Gasteiger partial charge in [0.05, 0.1) is 11.6 Å². The molecule has 36 heavy (non-hydrogen) atoms. The molecule has 5 rings (SSSR count). The third-order valence-electron chi connectivity index (χ3n) is 7.76. The van der Waals surface area contributed by atoms with Crippen LogP contribution >= 0.6 is 12.4 Å². The molecule has 0 bridgehead atoms. The SMILES string of the molecule is CC(=NOCc1ccc2c(c1)C(C)(C)CCC2(C)C)c1ccc(-c2noc([C@@H]3CCNC3)n2)cc1.Cl. The maximum absolute atomic E-state index is 5.76. The van der Waals surface area contributed by atoms with Crippen molar-refractivity contribution in [1.29, 1.82) is 0 Å². The molecule has 2 aromatic carbocycles. The number of nitrogens with one attached hydrogen (secondary N) is 1. The van der Waals surface area contributed by atoms with Crippen LogP contribution < -0.4 is 5.32 Å². The molecule has 1 aliphatic heterocycles. The molecule has 6 nitrogen and oxygen atoms in total. The Morgan fingerprint density at radius 3 is 2.47 bits per heavy atom. The molecule has 0 amide bonds. The number of benzene rings is 2. The van der Waals surface area contributed by atoms with Crippen molar-refractivity contribution in [3.63, 3.8) is 0 Å². The highest BCUT2D eigenvalue weighted by Gasteiger charge is 2.36. The highest BCUT2D eigenvalue weighted by molar-refractivity contribution is 5.98. The Morgan fingerprint density at radius 1 is 1.06 bits per heavy atom. The highest BCUT2D eigenvalue weighted by Crippen LogP contribution is 2.45. The zero-order valence-electron chi connectivity index (χ0n) is 21.9. The Hall–Kier alpha value is -2.70. The van der Waals surface area contributed by atoms with E-state index in [0.29, 0.717) is 24.2 Å². The summed E-state index contributed by atoms with van der Waals surface area (Å²) in [5.74, 6) is 1.66. The Labute approximate surface area is 220 Å². The van der Waals surface area contributed by atoms with Gasteiger partial charge >= 0.3 is 0 Å². The number of halogens is 1. The molecule has 1 aromatic heterocycles. The molecular formula is C29H37ClN4O2. The van der Waals surface area contributed by atoms with E-state index in [2.05, 4.69) is 66.5 Å². The average Bonchev–Trinajstić information content (AvgIpc) is 3.54. The average molecular weight is 509 g/mol. The number of aromatic nitrogens is 2. The third kappa shape index (κ3) is 5.35. The number of hydrogen-bond donors (Lipinski definition) is 1. The first-order valence-electron chi connectivity index (χ1n) is 12.7. The molecular weight excluding hydrogens is 472 g/mol. The van der Waals surface area contributed by atoms with Gasteiger partial charge in [-0.1, -0.05) is 80.5 Å². The van der Waals surface area contributed by atoms with E-state index in [1.165, 1.54) is 24.0 Å². The second-order valence-corrected chi connectivity index (χ2v) is 11.3. The number of rotatable bonds is 6. The number of nitrogens with zero attached hydrogens (tertiary/aromatic N) is 3. The Kier molecular flexibility index (Phi) is 7.58. The van der Waals surface area contributed by atoms with E-state index in [1.54, 1.807) is 0 Å². The van der Waals surface area contributed by atoms with Gasteiger partial charge in [0.25, 0.3) is 0 Å². The number of hydrogen-bond acceptors (Lipinski definition) is 6. The van der Waals surface area contributed by atoms with Crippen molar-refractivity contribution < 1.29 is 9.36 Å². The van der Waals surface area contributed by atoms with Crippen LogP contribution in [0.25, 0.3) is 11.4 Å². The summed E-state index contributed by atoms with van der Waals surface area (Å²) in [6.45, 7) is 13.7. The van der Waals surface area contributed by atoms with Crippen molar-refractivity contribution in [2.45, 2.75) is 77.2 Å². The van der Waals surface area contributed by atoms with Crippen LogP contribution in [0.3, 0.4) is 0 Å². The van der Waals surface area contributed by atoms with Gasteiger partial charge in [0.15, 0.2) is 0 Å². The topological polar surface area (TPSA) is 72.5 Å². The minimum absolute atomic E-state index is 0. The van der Waals surface area contributed by atoms with Crippen molar-refractivity contribution in [3.8, 4) is 11.4 Å². The normalized spacial score (nSPS) is 20.5. The van der Waals surface area contributed by atoms with Gasteiger partial charge in [0, 0.05) is 12.1 Å². The summed E-state index contributed by atoms with van der Waals surface area (Å²) in [5, 5.41) is 11.9. The quantitative estimate of drug-likeness (QED) is 0.303. The summed E-state index contributed by atoms with van der Waals surface area (Å²) < 4.78 is 5.49. The number of oxime groups is 1. The van der Waals surface area contributed by atoms with E-state index in [4.69, 9.17) is 9.36 Å². The van der Waals surface area contributed by atoms with Crippen molar-refractivity contribution in [3.05, 3.63) is 70.6 Å².